The molecule has 0 unspecified atom stereocenters. The first-order valence-electron chi connectivity index (χ1n) is 13.9. The zero-order valence-electron chi connectivity index (χ0n) is 23.2. The summed E-state index contributed by atoms with van der Waals surface area (Å²) in [5.74, 6) is 3.48. The normalized spacial score (nSPS) is 24.4. The van der Waals surface area contributed by atoms with Crippen LogP contribution >= 0.6 is 0 Å². The molecule has 11 nitrogen and oxygen atoms in total. The van der Waals surface area contributed by atoms with E-state index in [2.05, 4.69) is 51.1 Å². The molecule has 210 valence electrons. The van der Waals surface area contributed by atoms with E-state index < -0.39 is 6.09 Å². The first kappa shape index (κ1) is 27.1. The van der Waals surface area contributed by atoms with Gasteiger partial charge in [-0.1, -0.05) is 31.2 Å². The lowest BCUT2D eigenvalue weighted by Gasteiger charge is -2.28. The van der Waals surface area contributed by atoms with Crippen LogP contribution in [0.5, 0.6) is 5.75 Å². The number of ether oxygens (including phenoxy) is 3. The highest BCUT2D eigenvalue weighted by Gasteiger charge is 2.31. The average molecular weight is 538 g/mol. The zero-order chi connectivity index (χ0) is 27.5. The minimum atomic E-state index is -0.767. The minimum absolute atomic E-state index is 0.142. The topological polar surface area (TPSA) is 132 Å². The molecule has 1 saturated carbocycles. The molecule has 1 aromatic carbocycles. The van der Waals surface area contributed by atoms with E-state index in [9.17, 15) is 4.79 Å². The average Bonchev–Trinajstić information content (AvgIpc) is 3.56. The predicted octanol–water partition coefficient (Wildman–Crippen LogP) is 4.88. The van der Waals surface area contributed by atoms with Gasteiger partial charge in [-0.2, -0.15) is 0 Å². The number of amides is 1. The minimum Gasteiger partial charge on any atom is -0.483 e. The third-order valence-corrected chi connectivity index (χ3v) is 7.95. The standard InChI is InChI=1S/C28H39N7O4/c1-17(2)20-6-5-7-22(14-20)38-18(3)26-31-32-27(34(26)4)19-8-10-21(11-9-19)35-15-24(30-33-35)25-13-12-23(16-37-25)39-28(29)36/h5-7,14-15,17-19,21,23,25H,8-13,16H2,1-4H3,(H2,29,36)/t18-,19-,21-,23-,25+/m1/s1. The third kappa shape index (κ3) is 6.24. The van der Waals surface area contributed by atoms with Gasteiger partial charge in [0.05, 0.1) is 18.8 Å². The van der Waals surface area contributed by atoms with Gasteiger partial charge in [-0.15, -0.1) is 15.3 Å². The fourth-order valence-electron chi connectivity index (χ4n) is 5.70. The molecule has 1 aliphatic carbocycles. The van der Waals surface area contributed by atoms with Crippen molar-refractivity contribution < 1.29 is 19.0 Å². The number of hydrogen-bond donors (Lipinski definition) is 1. The van der Waals surface area contributed by atoms with Crippen LogP contribution in [0.2, 0.25) is 0 Å². The Balaban J connectivity index is 1.15. The van der Waals surface area contributed by atoms with Crippen molar-refractivity contribution in [3.05, 3.63) is 53.4 Å². The highest BCUT2D eigenvalue weighted by atomic mass is 16.6. The molecule has 3 aromatic rings. The smallest absolute Gasteiger partial charge is 0.404 e. The molecular weight excluding hydrogens is 498 g/mol. The van der Waals surface area contributed by atoms with Crippen LogP contribution < -0.4 is 10.5 Å². The van der Waals surface area contributed by atoms with Crippen molar-refractivity contribution >= 4 is 6.09 Å². The quantitative estimate of drug-likeness (QED) is 0.430. The maximum Gasteiger partial charge on any atom is 0.404 e. The fourth-order valence-corrected chi connectivity index (χ4v) is 5.70. The Morgan fingerprint density at radius 2 is 1.87 bits per heavy atom. The van der Waals surface area contributed by atoms with E-state index in [0.29, 0.717) is 37.3 Å². The second-order valence-electron chi connectivity index (χ2n) is 11.0. The summed E-state index contributed by atoms with van der Waals surface area (Å²) >= 11 is 0. The molecule has 2 N–H and O–H groups in total. The highest BCUT2D eigenvalue weighted by molar-refractivity contribution is 5.64. The van der Waals surface area contributed by atoms with Crippen LogP contribution in [0, 0.1) is 0 Å². The number of nitrogens with two attached hydrogens (primary N) is 1. The molecule has 1 aliphatic heterocycles. The van der Waals surface area contributed by atoms with Crippen LogP contribution in [0.4, 0.5) is 4.79 Å². The molecule has 2 aliphatic rings. The van der Waals surface area contributed by atoms with Crippen LogP contribution in [-0.4, -0.2) is 48.6 Å². The lowest BCUT2D eigenvalue weighted by Crippen LogP contribution is -2.31. The van der Waals surface area contributed by atoms with Crippen molar-refractivity contribution in [3.63, 3.8) is 0 Å². The molecule has 39 heavy (non-hydrogen) atoms. The van der Waals surface area contributed by atoms with E-state index in [4.69, 9.17) is 19.9 Å². The number of carbonyl (C=O) groups is 1. The Morgan fingerprint density at radius 1 is 1.08 bits per heavy atom. The summed E-state index contributed by atoms with van der Waals surface area (Å²) in [7, 11) is 2.04. The summed E-state index contributed by atoms with van der Waals surface area (Å²) in [6.45, 7) is 6.70. The van der Waals surface area contributed by atoms with E-state index in [1.54, 1.807) is 0 Å². The molecule has 0 bridgehead atoms. The number of carbonyl (C=O) groups excluding carboxylic acids is 1. The van der Waals surface area contributed by atoms with E-state index >= 15 is 0 Å². The Morgan fingerprint density at radius 3 is 2.56 bits per heavy atom. The van der Waals surface area contributed by atoms with E-state index in [1.807, 2.05) is 37.0 Å². The Hall–Kier alpha value is -3.47. The van der Waals surface area contributed by atoms with E-state index in [-0.39, 0.29) is 18.3 Å². The summed E-state index contributed by atoms with van der Waals surface area (Å²) in [6.07, 6.45) is 5.98. The molecule has 0 spiro atoms. The second kappa shape index (κ2) is 11.7. The van der Waals surface area contributed by atoms with Gasteiger partial charge in [-0.3, -0.25) is 0 Å². The van der Waals surface area contributed by atoms with E-state index in [1.165, 1.54) is 5.56 Å². The molecule has 2 aromatic heterocycles. The second-order valence-corrected chi connectivity index (χ2v) is 11.0. The molecule has 3 heterocycles. The fraction of sp³-hybridized carbons (Fsp3) is 0.607. The molecule has 0 radical (unpaired) electrons. The van der Waals surface area contributed by atoms with Gasteiger partial charge in [0, 0.05) is 13.0 Å². The van der Waals surface area contributed by atoms with Gasteiger partial charge in [0.1, 0.15) is 29.5 Å². The van der Waals surface area contributed by atoms with Crippen molar-refractivity contribution in [2.45, 2.75) is 95.5 Å². The lowest BCUT2D eigenvalue weighted by molar-refractivity contribution is -0.0617. The van der Waals surface area contributed by atoms with Crippen LogP contribution in [0.3, 0.4) is 0 Å². The molecule has 11 heteroatoms. The number of primary amides is 1. The number of hydrogen-bond acceptors (Lipinski definition) is 8. The van der Waals surface area contributed by atoms with Crippen molar-refractivity contribution in [2.24, 2.45) is 12.8 Å². The molecule has 1 amide bonds. The van der Waals surface area contributed by atoms with Crippen molar-refractivity contribution in [2.75, 3.05) is 6.61 Å². The molecule has 1 saturated heterocycles. The van der Waals surface area contributed by atoms with Crippen LogP contribution in [0.15, 0.2) is 30.5 Å². The van der Waals surface area contributed by atoms with Crippen molar-refractivity contribution in [1.82, 2.24) is 29.8 Å². The zero-order valence-corrected chi connectivity index (χ0v) is 23.2. The highest BCUT2D eigenvalue weighted by Crippen LogP contribution is 2.38. The van der Waals surface area contributed by atoms with Crippen LogP contribution in [-0.2, 0) is 16.5 Å². The van der Waals surface area contributed by atoms with Gasteiger partial charge in [-0.25, -0.2) is 9.48 Å². The first-order valence-corrected chi connectivity index (χ1v) is 13.9. The monoisotopic (exact) mass is 537 g/mol. The largest absolute Gasteiger partial charge is 0.483 e. The summed E-state index contributed by atoms with van der Waals surface area (Å²) in [5, 5.41) is 17.9. The van der Waals surface area contributed by atoms with Crippen LogP contribution in [0.25, 0.3) is 0 Å². The first-order chi connectivity index (χ1) is 18.8. The Kier molecular flexibility index (Phi) is 8.15. The number of rotatable bonds is 8. The summed E-state index contributed by atoms with van der Waals surface area (Å²) in [6, 6.07) is 8.55. The van der Waals surface area contributed by atoms with Gasteiger partial charge in [0.15, 0.2) is 11.9 Å². The summed E-state index contributed by atoms with van der Waals surface area (Å²) in [4.78, 5) is 11.0. The van der Waals surface area contributed by atoms with Crippen molar-refractivity contribution in [1.29, 1.82) is 0 Å². The van der Waals surface area contributed by atoms with Gasteiger partial charge >= 0.3 is 6.09 Å². The summed E-state index contributed by atoms with van der Waals surface area (Å²) < 4.78 is 21.2. The maximum atomic E-state index is 11.0. The molecule has 5 rings (SSSR count). The summed E-state index contributed by atoms with van der Waals surface area (Å²) in [5.41, 5.74) is 7.18. The number of benzene rings is 1. The third-order valence-electron chi connectivity index (χ3n) is 7.95. The van der Waals surface area contributed by atoms with Crippen molar-refractivity contribution in [3.8, 4) is 5.75 Å². The van der Waals surface area contributed by atoms with E-state index in [0.717, 1.165) is 48.8 Å². The van der Waals surface area contributed by atoms with Gasteiger partial charge < -0.3 is 24.5 Å². The molecular formula is C28H39N7O4. The van der Waals surface area contributed by atoms with Gasteiger partial charge in [0.25, 0.3) is 0 Å². The molecule has 2 fully saturated rings. The number of nitrogens with zero attached hydrogens (tertiary/aromatic N) is 6. The lowest BCUT2D eigenvalue weighted by atomic mass is 9.85. The maximum absolute atomic E-state index is 11.0. The molecule has 3 atom stereocenters. The Bertz CT molecular complexity index is 1260. The van der Waals surface area contributed by atoms with Gasteiger partial charge in [-0.05, 0) is 69.1 Å². The van der Waals surface area contributed by atoms with Gasteiger partial charge in [0.2, 0.25) is 0 Å². The SMILES string of the molecule is CC(C)c1cccc(O[C@H](C)c2nnc([C@H]3CC[C@H](n4cc([C@@H]5CC[C@@H](OC(N)=O)CO5)nn4)CC3)n2C)c1. The van der Waals surface area contributed by atoms with Crippen LogP contribution in [0.1, 0.15) is 112 Å². The number of aromatic nitrogens is 6. The Labute approximate surface area is 229 Å². The predicted molar refractivity (Wildman–Crippen MR) is 143 cm³/mol.